The average Bonchev–Trinajstić information content (AvgIpc) is 2.61. The van der Waals surface area contributed by atoms with Crippen LogP contribution in [0.15, 0.2) is 48.5 Å². The van der Waals surface area contributed by atoms with E-state index in [1.165, 1.54) is 4.31 Å². The normalized spacial score (nSPS) is 11.1. The molecule has 27 heavy (non-hydrogen) atoms. The van der Waals surface area contributed by atoms with Gasteiger partial charge in [-0.2, -0.15) is 0 Å². The second kappa shape index (κ2) is 8.90. The number of hydrogen-bond donors (Lipinski definition) is 1. The summed E-state index contributed by atoms with van der Waals surface area (Å²) in [7, 11) is 0.416. The predicted molar refractivity (Wildman–Crippen MR) is 112 cm³/mol. The number of hydrogen-bond acceptors (Lipinski definition) is 4. The van der Waals surface area contributed by atoms with Gasteiger partial charge in [0.2, 0.25) is 15.9 Å². The Labute approximate surface area is 161 Å². The van der Waals surface area contributed by atoms with Gasteiger partial charge in [0.25, 0.3) is 0 Å². The lowest BCUT2D eigenvalue weighted by Gasteiger charge is -2.22. The summed E-state index contributed by atoms with van der Waals surface area (Å²) >= 11 is 0. The molecule has 0 heterocycles. The van der Waals surface area contributed by atoms with Gasteiger partial charge in [0, 0.05) is 38.4 Å². The third-order valence-corrected chi connectivity index (χ3v) is 5.44. The quantitative estimate of drug-likeness (QED) is 0.753. The number of amides is 1. The number of nitrogens with one attached hydrogen (secondary N) is 1. The number of benzene rings is 2. The summed E-state index contributed by atoms with van der Waals surface area (Å²) in [4.78, 5) is 14.2. The highest BCUT2D eigenvalue weighted by molar-refractivity contribution is 7.92. The van der Waals surface area contributed by atoms with Gasteiger partial charge in [0.1, 0.15) is 0 Å². The van der Waals surface area contributed by atoms with Crippen molar-refractivity contribution in [3.8, 4) is 0 Å². The molecule has 2 aromatic carbocycles. The molecule has 0 radical (unpaired) electrons. The Balaban J connectivity index is 2.02. The van der Waals surface area contributed by atoms with Crippen LogP contribution >= 0.6 is 0 Å². The van der Waals surface area contributed by atoms with Crippen LogP contribution in [0.2, 0.25) is 0 Å². The van der Waals surface area contributed by atoms with E-state index in [0.29, 0.717) is 11.4 Å². The van der Waals surface area contributed by atoms with E-state index in [-0.39, 0.29) is 18.9 Å². The Bertz CT molecular complexity index is 860. The van der Waals surface area contributed by atoms with E-state index in [1.54, 1.807) is 12.1 Å². The second-order valence-corrected chi connectivity index (χ2v) is 8.50. The minimum Gasteiger partial charge on any atom is -0.378 e. The van der Waals surface area contributed by atoms with Crippen molar-refractivity contribution in [1.29, 1.82) is 0 Å². The van der Waals surface area contributed by atoms with Gasteiger partial charge in [-0.25, -0.2) is 8.42 Å². The molecule has 6 nitrogen and oxygen atoms in total. The molecule has 0 bridgehead atoms. The van der Waals surface area contributed by atoms with Crippen LogP contribution in [0.5, 0.6) is 0 Å². The molecule has 146 valence electrons. The van der Waals surface area contributed by atoms with Gasteiger partial charge in [0.15, 0.2) is 0 Å². The summed E-state index contributed by atoms with van der Waals surface area (Å²) < 4.78 is 25.6. The zero-order chi connectivity index (χ0) is 20.0. The number of nitrogens with zero attached hydrogens (tertiary/aromatic N) is 2. The Morgan fingerprint density at radius 1 is 0.963 bits per heavy atom. The molecule has 0 aliphatic rings. The summed E-state index contributed by atoms with van der Waals surface area (Å²) in [5.41, 5.74) is 3.42. The van der Waals surface area contributed by atoms with Crippen LogP contribution in [-0.4, -0.2) is 41.2 Å². The maximum absolute atomic E-state index is 12.3. The van der Waals surface area contributed by atoms with Gasteiger partial charge < -0.3 is 10.2 Å². The van der Waals surface area contributed by atoms with E-state index >= 15 is 0 Å². The predicted octanol–water partition coefficient (Wildman–Crippen LogP) is 3.11. The van der Waals surface area contributed by atoms with Crippen molar-refractivity contribution in [2.75, 3.05) is 41.4 Å². The van der Waals surface area contributed by atoms with E-state index in [0.717, 1.165) is 23.9 Å². The zero-order valence-corrected chi connectivity index (χ0v) is 17.1. The number of sulfonamides is 1. The minimum absolute atomic E-state index is 0.0675. The summed E-state index contributed by atoms with van der Waals surface area (Å²) in [6, 6.07) is 14.8. The summed E-state index contributed by atoms with van der Waals surface area (Å²) in [5.74, 6) is -0.230. The van der Waals surface area contributed by atoms with Crippen LogP contribution in [0.3, 0.4) is 0 Å². The van der Waals surface area contributed by atoms with E-state index in [9.17, 15) is 13.2 Å². The highest BCUT2D eigenvalue weighted by Crippen LogP contribution is 2.20. The molecule has 1 N–H and O–H groups in total. The van der Waals surface area contributed by atoms with E-state index in [4.69, 9.17) is 0 Å². The van der Waals surface area contributed by atoms with Gasteiger partial charge in [0.05, 0.1) is 11.9 Å². The fraction of sp³-hybridized carbons (Fsp3) is 0.350. The lowest BCUT2D eigenvalue weighted by molar-refractivity contribution is -0.116. The van der Waals surface area contributed by atoms with E-state index < -0.39 is 10.0 Å². The first-order chi connectivity index (χ1) is 12.7. The highest BCUT2D eigenvalue weighted by atomic mass is 32.2. The lowest BCUT2D eigenvalue weighted by Crippen LogP contribution is -2.33. The summed E-state index contributed by atoms with van der Waals surface area (Å²) in [5, 5.41) is 2.81. The van der Waals surface area contributed by atoms with Gasteiger partial charge in [-0.1, -0.05) is 19.1 Å². The van der Waals surface area contributed by atoms with Crippen LogP contribution in [-0.2, 0) is 21.2 Å². The second-order valence-electron chi connectivity index (χ2n) is 6.59. The molecule has 0 aliphatic heterocycles. The maximum Gasteiger partial charge on any atom is 0.232 e. The molecule has 0 saturated heterocycles. The Morgan fingerprint density at radius 2 is 1.52 bits per heavy atom. The fourth-order valence-electron chi connectivity index (χ4n) is 2.65. The molecule has 0 aromatic heterocycles. The SMILES string of the molecule is CCc1ccc(N(CCC(=O)Nc2ccc(N(C)C)cc2)S(C)(=O)=O)cc1. The van der Waals surface area contributed by atoms with Gasteiger partial charge >= 0.3 is 0 Å². The molecule has 0 fully saturated rings. The Kier molecular flexibility index (Phi) is 6.85. The lowest BCUT2D eigenvalue weighted by atomic mass is 10.1. The molecule has 2 rings (SSSR count). The number of rotatable bonds is 8. The molecule has 0 saturated carbocycles. The molecule has 7 heteroatoms. The first-order valence-corrected chi connectivity index (χ1v) is 10.7. The molecule has 1 amide bonds. The number of aryl methyl sites for hydroxylation is 1. The van der Waals surface area contributed by atoms with E-state index in [1.807, 2.05) is 62.3 Å². The Morgan fingerprint density at radius 3 is 2.00 bits per heavy atom. The smallest absolute Gasteiger partial charge is 0.232 e. The first kappa shape index (κ1) is 20.8. The third-order valence-electron chi connectivity index (χ3n) is 4.24. The topological polar surface area (TPSA) is 69.7 Å². The maximum atomic E-state index is 12.3. The van der Waals surface area contributed by atoms with Gasteiger partial charge in [-0.3, -0.25) is 9.10 Å². The minimum atomic E-state index is -3.47. The van der Waals surface area contributed by atoms with Crippen molar-refractivity contribution in [2.45, 2.75) is 19.8 Å². The van der Waals surface area contributed by atoms with Crippen molar-refractivity contribution in [3.05, 3.63) is 54.1 Å². The monoisotopic (exact) mass is 389 g/mol. The van der Waals surface area contributed by atoms with Gasteiger partial charge in [-0.15, -0.1) is 0 Å². The zero-order valence-electron chi connectivity index (χ0n) is 16.3. The molecule has 0 atom stereocenters. The van der Waals surface area contributed by atoms with Crippen molar-refractivity contribution < 1.29 is 13.2 Å². The van der Waals surface area contributed by atoms with Gasteiger partial charge in [-0.05, 0) is 48.4 Å². The van der Waals surface area contributed by atoms with E-state index in [2.05, 4.69) is 5.32 Å². The first-order valence-electron chi connectivity index (χ1n) is 8.84. The Hall–Kier alpha value is -2.54. The molecule has 0 spiro atoms. The van der Waals surface area contributed by atoms with Crippen molar-refractivity contribution in [2.24, 2.45) is 0 Å². The molecule has 0 unspecified atom stereocenters. The molecule has 2 aromatic rings. The number of carbonyl (C=O) groups excluding carboxylic acids is 1. The largest absolute Gasteiger partial charge is 0.378 e. The average molecular weight is 390 g/mol. The summed E-state index contributed by atoms with van der Waals surface area (Å²) in [6.07, 6.45) is 2.10. The molecular weight excluding hydrogens is 362 g/mol. The van der Waals surface area contributed by atoms with Crippen molar-refractivity contribution >= 4 is 33.0 Å². The number of anilines is 3. The molecular formula is C20H27N3O3S. The highest BCUT2D eigenvalue weighted by Gasteiger charge is 2.18. The van der Waals surface area contributed by atoms with Crippen molar-refractivity contribution in [3.63, 3.8) is 0 Å². The molecule has 0 aliphatic carbocycles. The van der Waals surface area contributed by atoms with Crippen LogP contribution in [0.25, 0.3) is 0 Å². The van der Waals surface area contributed by atoms with Crippen molar-refractivity contribution in [1.82, 2.24) is 0 Å². The van der Waals surface area contributed by atoms with Crippen LogP contribution in [0.4, 0.5) is 17.1 Å². The number of carbonyl (C=O) groups is 1. The fourth-order valence-corrected chi connectivity index (χ4v) is 3.58. The standard InChI is InChI=1S/C20H27N3O3S/c1-5-16-6-10-19(11-7-16)23(27(4,25)26)15-14-20(24)21-17-8-12-18(13-9-17)22(2)3/h6-13H,5,14-15H2,1-4H3,(H,21,24). The summed E-state index contributed by atoms with van der Waals surface area (Å²) in [6.45, 7) is 2.13. The third kappa shape index (κ3) is 5.99. The van der Waals surface area contributed by atoms with Crippen LogP contribution in [0, 0.1) is 0 Å². The van der Waals surface area contributed by atoms with Crippen LogP contribution in [0.1, 0.15) is 18.9 Å². The van der Waals surface area contributed by atoms with Crippen LogP contribution < -0.4 is 14.5 Å².